The number of likely N-dealkylation sites (tertiary alicyclic amines) is 2. The molecule has 3 rings (SSSR count). The van der Waals surface area contributed by atoms with Gasteiger partial charge in [0.05, 0.1) is 7.11 Å². The van der Waals surface area contributed by atoms with Gasteiger partial charge < -0.3 is 19.9 Å². The molecule has 0 spiro atoms. The molecule has 0 bridgehead atoms. The number of amides is 2. The quantitative estimate of drug-likeness (QED) is 0.719. The summed E-state index contributed by atoms with van der Waals surface area (Å²) < 4.78 is 5.15. The Morgan fingerprint density at radius 2 is 1.48 bits per heavy atom. The fourth-order valence-corrected chi connectivity index (χ4v) is 4.77. The van der Waals surface area contributed by atoms with Crippen molar-refractivity contribution in [3.8, 4) is 5.75 Å². The van der Waals surface area contributed by atoms with Gasteiger partial charge in [0.2, 0.25) is 5.91 Å². The predicted molar refractivity (Wildman–Crippen MR) is 126 cm³/mol. The van der Waals surface area contributed by atoms with Gasteiger partial charge in [0.25, 0.3) is 5.91 Å². The Morgan fingerprint density at radius 1 is 0.968 bits per heavy atom. The lowest BCUT2D eigenvalue weighted by atomic mass is 9.78. The highest BCUT2D eigenvalue weighted by molar-refractivity contribution is 5.97. The molecular formula is C24H38ClN3O3. The van der Waals surface area contributed by atoms with Gasteiger partial charge in [0.15, 0.2) is 0 Å². The van der Waals surface area contributed by atoms with E-state index in [1.54, 1.807) is 31.4 Å². The molecule has 7 heteroatoms. The van der Waals surface area contributed by atoms with Crippen LogP contribution in [0.1, 0.15) is 49.9 Å². The van der Waals surface area contributed by atoms with E-state index < -0.39 is 6.04 Å². The molecule has 1 atom stereocenters. The second-order valence-corrected chi connectivity index (χ2v) is 9.23. The monoisotopic (exact) mass is 451 g/mol. The van der Waals surface area contributed by atoms with Crippen molar-refractivity contribution in [3.05, 3.63) is 29.8 Å². The van der Waals surface area contributed by atoms with E-state index in [2.05, 4.69) is 17.3 Å². The van der Waals surface area contributed by atoms with Crippen molar-refractivity contribution in [2.75, 3.05) is 40.3 Å². The molecule has 2 aliphatic heterocycles. The van der Waals surface area contributed by atoms with Gasteiger partial charge in [-0.05, 0) is 87.8 Å². The van der Waals surface area contributed by atoms with Gasteiger partial charge in [-0.15, -0.1) is 12.4 Å². The van der Waals surface area contributed by atoms with E-state index in [4.69, 9.17) is 4.74 Å². The zero-order valence-electron chi connectivity index (χ0n) is 19.3. The molecule has 2 fully saturated rings. The molecule has 0 aliphatic carbocycles. The fraction of sp³-hybridized carbons (Fsp3) is 0.667. The van der Waals surface area contributed by atoms with Crippen molar-refractivity contribution in [1.82, 2.24) is 15.1 Å². The average molecular weight is 452 g/mol. The first kappa shape index (κ1) is 25.5. The number of nitrogens with zero attached hydrogens (tertiary/aromatic N) is 2. The molecule has 2 amide bonds. The summed E-state index contributed by atoms with van der Waals surface area (Å²) in [7, 11) is 3.79. The standard InChI is InChI=1S/C24H37N3O3.ClH/c1-17(2)22(25-23(28)20-5-7-21(30-4)8-6-20)24(29)27-15-11-19(12-16-27)18-9-13-26(3)14-10-18;/h5-8,17-19,22H,9-16H2,1-4H3,(H,25,28);1H/t22-;/m1./s1. The van der Waals surface area contributed by atoms with E-state index in [1.165, 1.54) is 25.9 Å². The van der Waals surface area contributed by atoms with Crippen LogP contribution in [0.5, 0.6) is 5.75 Å². The number of carbonyl (C=O) groups excluding carboxylic acids is 2. The second-order valence-electron chi connectivity index (χ2n) is 9.23. The smallest absolute Gasteiger partial charge is 0.251 e. The lowest BCUT2D eigenvalue weighted by molar-refractivity contribution is -0.136. The molecule has 174 valence electrons. The number of hydrogen-bond acceptors (Lipinski definition) is 4. The van der Waals surface area contributed by atoms with Crippen LogP contribution in [0, 0.1) is 17.8 Å². The number of nitrogens with one attached hydrogen (secondary N) is 1. The Labute approximate surface area is 193 Å². The number of methoxy groups -OCH3 is 1. The van der Waals surface area contributed by atoms with Gasteiger partial charge in [0, 0.05) is 18.7 Å². The molecule has 1 aromatic carbocycles. The summed E-state index contributed by atoms with van der Waals surface area (Å²) in [6, 6.07) is 6.47. The Bertz CT molecular complexity index is 709. The largest absolute Gasteiger partial charge is 0.497 e. The molecule has 1 N–H and O–H groups in total. The molecule has 2 aliphatic rings. The topological polar surface area (TPSA) is 61.9 Å². The highest BCUT2D eigenvalue weighted by Crippen LogP contribution is 2.32. The second kappa shape index (κ2) is 11.7. The molecule has 0 aromatic heterocycles. The van der Waals surface area contributed by atoms with Gasteiger partial charge in [-0.3, -0.25) is 9.59 Å². The van der Waals surface area contributed by atoms with E-state index in [0.29, 0.717) is 11.3 Å². The summed E-state index contributed by atoms with van der Waals surface area (Å²) in [5.41, 5.74) is 0.537. The molecule has 0 saturated carbocycles. The minimum atomic E-state index is -0.500. The van der Waals surface area contributed by atoms with Crippen LogP contribution in [-0.4, -0.2) is 68.0 Å². The van der Waals surface area contributed by atoms with Crippen molar-refractivity contribution in [2.45, 2.75) is 45.6 Å². The minimum Gasteiger partial charge on any atom is -0.497 e. The summed E-state index contributed by atoms with van der Waals surface area (Å²) in [4.78, 5) is 30.3. The minimum absolute atomic E-state index is 0. The first-order chi connectivity index (χ1) is 14.4. The van der Waals surface area contributed by atoms with Crippen LogP contribution in [0.2, 0.25) is 0 Å². The molecule has 31 heavy (non-hydrogen) atoms. The highest BCUT2D eigenvalue weighted by Gasteiger charge is 2.34. The third-order valence-electron chi connectivity index (χ3n) is 6.85. The normalized spacial score (nSPS) is 19.6. The van der Waals surface area contributed by atoms with Crippen molar-refractivity contribution >= 4 is 24.2 Å². The molecule has 0 radical (unpaired) electrons. The summed E-state index contributed by atoms with van der Waals surface area (Å²) in [5, 5.41) is 2.97. The molecule has 6 nitrogen and oxygen atoms in total. The first-order valence-electron chi connectivity index (χ1n) is 11.3. The summed E-state index contributed by atoms with van der Waals surface area (Å²) >= 11 is 0. The van der Waals surface area contributed by atoms with E-state index in [9.17, 15) is 9.59 Å². The van der Waals surface area contributed by atoms with Crippen LogP contribution in [0.4, 0.5) is 0 Å². The molecule has 0 unspecified atom stereocenters. The molecule has 2 saturated heterocycles. The first-order valence-corrected chi connectivity index (χ1v) is 11.3. The van der Waals surface area contributed by atoms with Gasteiger partial charge in [-0.25, -0.2) is 0 Å². The number of halogens is 1. The summed E-state index contributed by atoms with van der Waals surface area (Å²) in [5.74, 6) is 2.10. The van der Waals surface area contributed by atoms with Gasteiger partial charge in [-0.1, -0.05) is 13.8 Å². The van der Waals surface area contributed by atoms with E-state index >= 15 is 0 Å². The zero-order valence-corrected chi connectivity index (χ0v) is 20.1. The number of carbonyl (C=O) groups is 2. The van der Waals surface area contributed by atoms with Crippen molar-refractivity contribution < 1.29 is 14.3 Å². The maximum Gasteiger partial charge on any atom is 0.251 e. The Morgan fingerprint density at radius 3 is 1.97 bits per heavy atom. The number of benzene rings is 1. The van der Waals surface area contributed by atoms with E-state index in [0.717, 1.165) is 37.8 Å². The zero-order chi connectivity index (χ0) is 21.7. The van der Waals surface area contributed by atoms with Crippen LogP contribution in [0.3, 0.4) is 0 Å². The Balaban J connectivity index is 0.00000341. The van der Waals surface area contributed by atoms with Crippen LogP contribution >= 0.6 is 12.4 Å². The van der Waals surface area contributed by atoms with Gasteiger partial charge in [-0.2, -0.15) is 0 Å². The van der Waals surface area contributed by atoms with Gasteiger partial charge >= 0.3 is 0 Å². The van der Waals surface area contributed by atoms with Crippen LogP contribution in [0.25, 0.3) is 0 Å². The predicted octanol–water partition coefficient (Wildman–Crippen LogP) is 3.45. The lowest BCUT2D eigenvalue weighted by Gasteiger charge is -2.40. The fourth-order valence-electron chi connectivity index (χ4n) is 4.77. The Hall–Kier alpha value is -1.79. The SMILES string of the molecule is COc1ccc(C(=O)N[C@@H](C(=O)N2CCC(C3CCN(C)CC3)CC2)C(C)C)cc1.Cl. The maximum absolute atomic E-state index is 13.2. The number of piperidine rings is 2. The molecule has 1 aromatic rings. The lowest BCUT2D eigenvalue weighted by Crippen LogP contribution is -2.53. The van der Waals surface area contributed by atoms with Crippen molar-refractivity contribution in [2.24, 2.45) is 17.8 Å². The third kappa shape index (κ3) is 6.59. The number of hydrogen-bond donors (Lipinski definition) is 1. The highest BCUT2D eigenvalue weighted by atomic mass is 35.5. The van der Waals surface area contributed by atoms with Crippen molar-refractivity contribution in [3.63, 3.8) is 0 Å². The summed E-state index contributed by atoms with van der Waals surface area (Å²) in [6.07, 6.45) is 4.72. The van der Waals surface area contributed by atoms with Gasteiger partial charge in [0.1, 0.15) is 11.8 Å². The maximum atomic E-state index is 13.2. The van der Waals surface area contributed by atoms with Crippen LogP contribution in [0.15, 0.2) is 24.3 Å². The average Bonchev–Trinajstić information content (AvgIpc) is 2.77. The third-order valence-corrected chi connectivity index (χ3v) is 6.85. The van der Waals surface area contributed by atoms with Crippen LogP contribution in [-0.2, 0) is 4.79 Å². The molecule has 2 heterocycles. The van der Waals surface area contributed by atoms with E-state index in [-0.39, 0.29) is 30.1 Å². The van der Waals surface area contributed by atoms with Crippen molar-refractivity contribution in [1.29, 1.82) is 0 Å². The molecular weight excluding hydrogens is 414 g/mol. The Kier molecular flexibility index (Phi) is 9.63. The number of rotatable bonds is 6. The summed E-state index contributed by atoms with van der Waals surface area (Å²) in [6.45, 7) is 7.96. The number of ether oxygens (including phenoxy) is 1. The van der Waals surface area contributed by atoms with E-state index in [1.807, 2.05) is 18.7 Å². The van der Waals surface area contributed by atoms with Crippen LogP contribution < -0.4 is 10.1 Å².